The van der Waals surface area contributed by atoms with E-state index in [1.807, 2.05) is 18.4 Å². The van der Waals surface area contributed by atoms with Crippen LogP contribution in [0.3, 0.4) is 0 Å². The summed E-state index contributed by atoms with van der Waals surface area (Å²) in [6.07, 6.45) is 6.61. The Morgan fingerprint density at radius 1 is 1.39 bits per heavy atom. The number of aliphatic imine (C=N–C) groups is 1. The zero-order chi connectivity index (χ0) is 12.6. The minimum Gasteiger partial charge on any atom is -0.454 e. The summed E-state index contributed by atoms with van der Waals surface area (Å²) in [5.74, 6) is 1.56. The highest BCUT2D eigenvalue weighted by Crippen LogP contribution is 2.52. The molecule has 0 saturated heterocycles. The average Bonchev–Trinajstić information content (AvgIpc) is 2.81. The van der Waals surface area contributed by atoms with Gasteiger partial charge in [0.15, 0.2) is 11.5 Å². The molecule has 1 aromatic carbocycles. The maximum absolute atomic E-state index is 10.7. The lowest BCUT2D eigenvalue weighted by Gasteiger charge is -2.38. The van der Waals surface area contributed by atoms with Crippen LogP contribution in [0.2, 0.25) is 0 Å². The topological polar surface area (TPSA) is 47.9 Å². The molecule has 1 fully saturated rings. The van der Waals surface area contributed by atoms with Gasteiger partial charge in [-0.2, -0.15) is 4.99 Å². The van der Waals surface area contributed by atoms with Gasteiger partial charge < -0.3 is 9.47 Å². The van der Waals surface area contributed by atoms with E-state index in [0.29, 0.717) is 0 Å². The van der Waals surface area contributed by atoms with Crippen LogP contribution in [-0.2, 0) is 10.3 Å². The molecule has 94 valence electrons. The second kappa shape index (κ2) is 4.34. The number of fused-ring (bicyclic) bond motifs is 1. The van der Waals surface area contributed by atoms with Crippen LogP contribution in [0.15, 0.2) is 22.0 Å². The van der Waals surface area contributed by atoms with Gasteiger partial charge in [-0.05, 0) is 37.1 Å². The van der Waals surface area contributed by atoms with Crippen molar-refractivity contribution in [2.24, 2.45) is 4.99 Å². The van der Waals surface area contributed by atoms with E-state index < -0.39 is 0 Å². The number of hydrogen-bond acceptors (Lipinski definition) is 5. The minimum atomic E-state index is -0.388. The molecule has 1 heterocycles. The van der Waals surface area contributed by atoms with Gasteiger partial charge in [-0.3, -0.25) is 0 Å². The van der Waals surface area contributed by atoms with Crippen molar-refractivity contribution in [1.29, 1.82) is 0 Å². The Kier molecular flexibility index (Phi) is 2.80. The molecule has 0 spiro atoms. The fourth-order valence-electron chi connectivity index (χ4n) is 2.56. The Morgan fingerprint density at radius 3 is 2.83 bits per heavy atom. The number of rotatable bonds is 3. The van der Waals surface area contributed by atoms with Crippen molar-refractivity contribution in [3.05, 3.63) is 17.7 Å². The first-order valence-electron chi connectivity index (χ1n) is 5.87. The fraction of sp³-hybridized carbons (Fsp3) is 0.462. The molecule has 2 aliphatic rings. The van der Waals surface area contributed by atoms with Crippen LogP contribution in [-0.4, -0.2) is 19.1 Å². The number of benzene rings is 1. The Labute approximate surface area is 109 Å². The van der Waals surface area contributed by atoms with Crippen molar-refractivity contribution < 1.29 is 14.3 Å². The summed E-state index contributed by atoms with van der Waals surface area (Å²) in [4.78, 5) is 15.7. The predicted molar refractivity (Wildman–Crippen MR) is 68.0 cm³/mol. The maximum atomic E-state index is 10.7. The normalized spacial score (nSPS) is 18.9. The van der Waals surface area contributed by atoms with E-state index in [0.717, 1.165) is 41.2 Å². The molecule has 0 unspecified atom stereocenters. The maximum Gasteiger partial charge on any atom is 0.235 e. The Balaban J connectivity index is 2.15. The summed E-state index contributed by atoms with van der Waals surface area (Å²) >= 11 is 1.61. The van der Waals surface area contributed by atoms with Crippen LogP contribution in [0.25, 0.3) is 0 Å². The lowest BCUT2D eigenvalue weighted by Crippen LogP contribution is -2.32. The Morgan fingerprint density at radius 2 is 2.22 bits per heavy atom. The summed E-state index contributed by atoms with van der Waals surface area (Å²) in [6.45, 7) is 0.260. The molecule has 1 saturated carbocycles. The van der Waals surface area contributed by atoms with Gasteiger partial charge in [0.2, 0.25) is 12.9 Å². The monoisotopic (exact) mass is 263 g/mol. The van der Waals surface area contributed by atoms with Crippen LogP contribution in [0.5, 0.6) is 11.5 Å². The molecule has 0 aromatic heterocycles. The molecule has 18 heavy (non-hydrogen) atoms. The van der Waals surface area contributed by atoms with E-state index in [4.69, 9.17) is 9.47 Å². The number of nitrogens with zero attached hydrogens (tertiary/aromatic N) is 1. The first-order chi connectivity index (χ1) is 8.80. The molecule has 3 rings (SSSR count). The molecule has 1 aliphatic heterocycles. The molecule has 0 N–H and O–H groups in total. The lowest BCUT2D eigenvalue weighted by molar-refractivity contribution is 0.171. The number of ether oxygens (including phenoxy) is 2. The molecule has 5 heteroatoms. The van der Waals surface area contributed by atoms with E-state index in [1.165, 1.54) is 0 Å². The predicted octanol–water partition coefficient (Wildman–Crippen LogP) is 2.85. The second-order valence-electron chi connectivity index (χ2n) is 4.47. The largest absolute Gasteiger partial charge is 0.454 e. The zero-order valence-electron chi connectivity index (χ0n) is 10.1. The number of hydrogen-bond donors (Lipinski definition) is 0. The number of isocyanates is 1. The van der Waals surface area contributed by atoms with E-state index in [-0.39, 0.29) is 12.3 Å². The van der Waals surface area contributed by atoms with Crippen molar-refractivity contribution in [3.8, 4) is 11.5 Å². The van der Waals surface area contributed by atoms with E-state index in [2.05, 4.69) is 4.99 Å². The number of carbonyl (C=O) groups excluding carboxylic acids is 1. The van der Waals surface area contributed by atoms with Crippen molar-refractivity contribution in [3.63, 3.8) is 0 Å². The standard InChI is InChI=1S/C13H13NO3S/c1-18-12-9(13(14-7-15)5-2-6-13)3-4-10-11(12)17-8-16-10/h3-4H,2,5-6,8H2,1H3. The van der Waals surface area contributed by atoms with Gasteiger partial charge >= 0.3 is 0 Å². The van der Waals surface area contributed by atoms with Gasteiger partial charge in [0.05, 0.1) is 10.4 Å². The molecule has 0 bridgehead atoms. The van der Waals surface area contributed by atoms with Crippen molar-refractivity contribution in [2.45, 2.75) is 29.7 Å². The average molecular weight is 263 g/mol. The van der Waals surface area contributed by atoms with Crippen LogP contribution >= 0.6 is 11.8 Å². The van der Waals surface area contributed by atoms with Crippen LogP contribution in [0, 0.1) is 0 Å². The highest BCUT2D eigenvalue weighted by molar-refractivity contribution is 7.98. The van der Waals surface area contributed by atoms with Gasteiger partial charge in [0.1, 0.15) is 0 Å². The second-order valence-corrected chi connectivity index (χ2v) is 5.28. The fourth-order valence-corrected chi connectivity index (χ4v) is 3.38. The molecule has 0 atom stereocenters. The van der Waals surface area contributed by atoms with Gasteiger partial charge in [0.25, 0.3) is 0 Å². The summed E-state index contributed by atoms with van der Waals surface area (Å²) < 4.78 is 10.9. The third-order valence-electron chi connectivity index (χ3n) is 3.64. The van der Waals surface area contributed by atoms with Crippen LogP contribution in [0.4, 0.5) is 0 Å². The molecular weight excluding hydrogens is 250 g/mol. The van der Waals surface area contributed by atoms with Crippen molar-refractivity contribution in [2.75, 3.05) is 13.0 Å². The third-order valence-corrected chi connectivity index (χ3v) is 4.45. The minimum absolute atomic E-state index is 0.260. The molecular formula is C13H13NO3S. The van der Waals surface area contributed by atoms with E-state index >= 15 is 0 Å². The van der Waals surface area contributed by atoms with Gasteiger partial charge in [0, 0.05) is 0 Å². The summed E-state index contributed by atoms with van der Waals surface area (Å²) in [6, 6.07) is 3.90. The van der Waals surface area contributed by atoms with E-state index in [9.17, 15) is 4.79 Å². The summed E-state index contributed by atoms with van der Waals surface area (Å²) in [5.41, 5.74) is 0.676. The lowest BCUT2D eigenvalue weighted by atomic mass is 9.72. The molecule has 1 aliphatic carbocycles. The molecule has 0 amide bonds. The first-order valence-corrected chi connectivity index (χ1v) is 7.09. The molecule has 0 radical (unpaired) electrons. The van der Waals surface area contributed by atoms with Crippen LogP contribution < -0.4 is 9.47 Å². The van der Waals surface area contributed by atoms with Crippen LogP contribution in [0.1, 0.15) is 24.8 Å². The smallest absolute Gasteiger partial charge is 0.235 e. The third kappa shape index (κ3) is 1.55. The highest BCUT2D eigenvalue weighted by atomic mass is 32.2. The SMILES string of the molecule is CSc1c(C2(N=C=O)CCC2)ccc2c1OCO2. The zero-order valence-corrected chi connectivity index (χ0v) is 10.9. The van der Waals surface area contributed by atoms with E-state index in [1.54, 1.807) is 17.8 Å². The van der Waals surface area contributed by atoms with Crippen molar-refractivity contribution >= 4 is 17.8 Å². The summed E-state index contributed by atoms with van der Waals surface area (Å²) in [5, 5.41) is 0. The quantitative estimate of drug-likeness (QED) is 0.478. The highest BCUT2D eigenvalue weighted by Gasteiger charge is 2.42. The first kappa shape index (κ1) is 11.6. The van der Waals surface area contributed by atoms with Gasteiger partial charge in [-0.15, -0.1) is 11.8 Å². The van der Waals surface area contributed by atoms with Gasteiger partial charge in [-0.1, -0.05) is 6.07 Å². The Bertz CT molecular complexity index is 533. The van der Waals surface area contributed by atoms with Crippen molar-refractivity contribution in [1.82, 2.24) is 0 Å². The summed E-state index contributed by atoms with van der Waals surface area (Å²) in [7, 11) is 0. The molecule has 4 nitrogen and oxygen atoms in total. The molecule has 1 aromatic rings. The Hall–Kier alpha value is -1.45. The number of thioether (sulfide) groups is 1. The van der Waals surface area contributed by atoms with Gasteiger partial charge in [-0.25, -0.2) is 4.79 Å².